The van der Waals surface area contributed by atoms with Crippen LogP contribution in [0, 0.1) is 13.8 Å². The third-order valence-electron chi connectivity index (χ3n) is 7.67. The molecular formula is C36H31O3P. The predicted molar refractivity (Wildman–Crippen MR) is 165 cm³/mol. The van der Waals surface area contributed by atoms with Crippen LogP contribution < -0.4 is 20.1 Å². The van der Waals surface area contributed by atoms with E-state index in [9.17, 15) is 0 Å². The van der Waals surface area contributed by atoms with Crippen LogP contribution in [0.15, 0.2) is 133 Å². The Bertz CT molecular complexity index is 1670. The summed E-state index contributed by atoms with van der Waals surface area (Å²) < 4.78 is 28.6. The number of hydrogen-bond acceptors (Lipinski definition) is 3. The molecule has 3 nitrogen and oxygen atoms in total. The molecule has 1 unspecified atom stereocenters. The van der Waals surface area contributed by atoms with Crippen molar-refractivity contribution in [3.63, 3.8) is 0 Å². The molecule has 0 fully saturated rings. The van der Waals surface area contributed by atoms with Crippen LogP contribution in [-0.4, -0.2) is 7.11 Å². The normalized spacial score (nSPS) is 14.4. The zero-order valence-electron chi connectivity index (χ0n) is 22.9. The van der Waals surface area contributed by atoms with E-state index in [0.717, 1.165) is 44.0 Å². The lowest BCUT2D eigenvalue weighted by molar-refractivity contribution is 0.406. The second-order valence-electron chi connectivity index (χ2n) is 10.1. The SMILES string of the molecule is COc1ccc2c(c1)OC(=C(c1ccccc1)c1ccccc1)C2P(=O)(c1ccccc1C)c1ccccc1C. The van der Waals surface area contributed by atoms with Gasteiger partial charge in [0.05, 0.1) is 7.11 Å². The summed E-state index contributed by atoms with van der Waals surface area (Å²) in [5, 5.41) is 1.69. The van der Waals surface area contributed by atoms with E-state index in [1.165, 1.54) is 0 Å². The molecule has 0 saturated heterocycles. The second kappa shape index (κ2) is 10.7. The first kappa shape index (κ1) is 25.9. The lowest BCUT2D eigenvalue weighted by atomic mass is 9.95. The van der Waals surface area contributed by atoms with Gasteiger partial charge in [-0.2, -0.15) is 0 Å². The zero-order chi connectivity index (χ0) is 27.7. The molecule has 1 heterocycles. The van der Waals surface area contributed by atoms with Gasteiger partial charge in [0.2, 0.25) is 0 Å². The number of allylic oxidation sites excluding steroid dienone is 1. The molecule has 1 aliphatic heterocycles. The summed E-state index contributed by atoms with van der Waals surface area (Å²) in [5.74, 6) is 2.06. The van der Waals surface area contributed by atoms with Gasteiger partial charge >= 0.3 is 0 Å². The molecule has 0 N–H and O–H groups in total. The van der Waals surface area contributed by atoms with Crippen molar-refractivity contribution in [1.82, 2.24) is 0 Å². The Morgan fingerprint density at radius 1 is 0.675 bits per heavy atom. The lowest BCUT2D eigenvalue weighted by Gasteiger charge is -2.29. The fraction of sp³-hybridized carbons (Fsp3) is 0.111. The lowest BCUT2D eigenvalue weighted by Crippen LogP contribution is -2.25. The van der Waals surface area contributed by atoms with Crippen molar-refractivity contribution in [2.75, 3.05) is 7.11 Å². The van der Waals surface area contributed by atoms with Crippen molar-refractivity contribution in [2.45, 2.75) is 19.5 Å². The van der Waals surface area contributed by atoms with Gasteiger partial charge in [-0.1, -0.05) is 115 Å². The third-order valence-corrected chi connectivity index (χ3v) is 11.3. The quantitative estimate of drug-likeness (QED) is 0.203. The van der Waals surface area contributed by atoms with E-state index in [-0.39, 0.29) is 0 Å². The molecule has 5 aromatic carbocycles. The van der Waals surface area contributed by atoms with Crippen LogP contribution in [0.25, 0.3) is 5.57 Å². The average molecular weight is 543 g/mol. The van der Waals surface area contributed by atoms with Crippen LogP contribution >= 0.6 is 7.14 Å². The molecule has 0 aliphatic carbocycles. The minimum atomic E-state index is -3.38. The summed E-state index contributed by atoms with van der Waals surface area (Å²) in [5.41, 5.74) is 5.31. The first-order valence-electron chi connectivity index (χ1n) is 13.5. The second-order valence-corrected chi connectivity index (χ2v) is 12.9. The van der Waals surface area contributed by atoms with Gasteiger partial charge in [0.15, 0.2) is 7.14 Å². The van der Waals surface area contributed by atoms with E-state index in [0.29, 0.717) is 17.3 Å². The molecule has 198 valence electrons. The fourth-order valence-corrected chi connectivity index (χ4v) is 9.51. The molecule has 40 heavy (non-hydrogen) atoms. The number of hydrogen-bond donors (Lipinski definition) is 0. The highest BCUT2D eigenvalue weighted by Crippen LogP contribution is 2.67. The van der Waals surface area contributed by atoms with Crippen molar-refractivity contribution in [1.29, 1.82) is 0 Å². The van der Waals surface area contributed by atoms with Gasteiger partial charge in [0, 0.05) is 27.8 Å². The summed E-state index contributed by atoms with van der Waals surface area (Å²) in [4.78, 5) is 0. The molecule has 1 aliphatic rings. The summed E-state index contributed by atoms with van der Waals surface area (Å²) >= 11 is 0. The standard InChI is InChI=1S/C36H31O3P/c1-25-14-10-12-20-32(25)40(37,33-21-13-11-15-26(33)2)36-30-23-22-29(38-3)24-31(30)39-35(36)34(27-16-6-4-7-17-27)28-18-8-5-9-19-28/h4-24,36H,1-3H3. The maximum atomic E-state index is 16.2. The van der Waals surface area contributed by atoms with Gasteiger partial charge in [-0.3, -0.25) is 0 Å². The summed E-state index contributed by atoms with van der Waals surface area (Å²) in [6, 6.07) is 42.4. The van der Waals surface area contributed by atoms with Crippen LogP contribution in [0.2, 0.25) is 0 Å². The maximum Gasteiger partial charge on any atom is 0.158 e. The van der Waals surface area contributed by atoms with Crippen molar-refractivity contribution in [3.05, 3.63) is 161 Å². The van der Waals surface area contributed by atoms with Gasteiger partial charge in [0.1, 0.15) is 22.9 Å². The Labute approximate surface area is 236 Å². The van der Waals surface area contributed by atoms with Gasteiger partial charge in [0.25, 0.3) is 0 Å². The summed E-state index contributed by atoms with van der Waals surface area (Å²) in [6.45, 7) is 4.09. The average Bonchev–Trinajstić information content (AvgIpc) is 3.37. The van der Waals surface area contributed by atoms with Crippen LogP contribution in [-0.2, 0) is 4.57 Å². The maximum absolute atomic E-state index is 16.2. The number of fused-ring (bicyclic) bond motifs is 1. The Balaban J connectivity index is 1.76. The van der Waals surface area contributed by atoms with Crippen LogP contribution in [0.3, 0.4) is 0 Å². The van der Waals surface area contributed by atoms with Crippen molar-refractivity contribution >= 4 is 23.3 Å². The molecule has 0 amide bonds. The minimum absolute atomic E-state index is 0.536. The Kier molecular flexibility index (Phi) is 6.92. The number of aryl methyl sites for hydroxylation is 2. The summed E-state index contributed by atoms with van der Waals surface area (Å²) in [7, 11) is -1.73. The van der Waals surface area contributed by atoms with Crippen LogP contribution in [0.4, 0.5) is 0 Å². The Hall–Kier alpha value is -4.33. The summed E-state index contributed by atoms with van der Waals surface area (Å²) in [6.07, 6.45) is 0. The molecule has 0 spiro atoms. The first-order chi connectivity index (χ1) is 19.5. The molecule has 0 bridgehead atoms. The molecule has 5 aromatic rings. The fourth-order valence-electron chi connectivity index (χ4n) is 5.76. The predicted octanol–water partition coefficient (Wildman–Crippen LogP) is 8.22. The van der Waals surface area contributed by atoms with E-state index in [2.05, 4.69) is 24.3 Å². The van der Waals surface area contributed by atoms with E-state index in [1.807, 2.05) is 117 Å². The number of benzene rings is 5. The van der Waals surface area contributed by atoms with Crippen molar-refractivity contribution in [2.24, 2.45) is 0 Å². The van der Waals surface area contributed by atoms with Gasteiger partial charge < -0.3 is 14.0 Å². The largest absolute Gasteiger partial charge is 0.497 e. The highest BCUT2D eigenvalue weighted by atomic mass is 31.2. The van der Waals surface area contributed by atoms with E-state index >= 15 is 4.57 Å². The topological polar surface area (TPSA) is 35.5 Å². The molecule has 0 radical (unpaired) electrons. The zero-order valence-corrected chi connectivity index (χ0v) is 23.8. The minimum Gasteiger partial charge on any atom is -0.497 e. The Morgan fingerprint density at radius 2 is 1.18 bits per heavy atom. The Morgan fingerprint density at radius 3 is 1.68 bits per heavy atom. The highest BCUT2D eigenvalue weighted by molar-refractivity contribution is 7.79. The first-order valence-corrected chi connectivity index (χ1v) is 15.2. The highest BCUT2D eigenvalue weighted by Gasteiger charge is 2.48. The van der Waals surface area contributed by atoms with Gasteiger partial charge in [-0.15, -0.1) is 0 Å². The number of ether oxygens (including phenoxy) is 2. The van der Waals surface area contributed by atoms with Crippen LogP contribution in [0.5, 0.6) is 11.5 Å². The molecule has 6 rings (SSSR count). The molecular weight excluding hydrogens is 511 g/mol. The van der Waals surface area contributed by atoms with E-state index < -0.39 is 12.8 Å². The van der Waals surface area contributed by atoms with Crippen LogP contribution in [0.1, 0.15) is 33.5 Å². The number of methoxy groups -OCH3 is 1. The van der Waals surface area contributed by atoms with Crippen molar-refractivity contribution in [3.8, 4) is 11.5 Å². The van der Waals surface area contributed by atoms with Crippen molar-refractivity contribution < 1.29 is 14.0 Å². The van der Waals surface area contributed by atoms with Gasteiger partial charge in [-0.25, -0.2) is 0 Å². The van der Waals surface area contributed by atoms with E-state index in [4.69, 9.17) is 9.47 Å². The van der Waals surface area contributed by atoms with E-state index in [1.54, 1.807) is 7.11 Å². The third kappa shape index (κ3) is 4.37. The molecule has 0 aromatic heterocycles. The molecule has 4 heteroatoms. The molecule has 1 atom stereocenters. The molecule has 0 saturated carbocycles. The monoisotopic (exact) mass is 542 g/mol. The smallest absolute Gasteiger partial charge is 0.158 e. The number of rotatable bonds is 6. The van der Waals surface area contributed by atoms with Gasteiger partial charge in [-0.05, 0) is 42.2 Å².